The Balaban J connectivity index is 1.43. The van der Waals surface area contributed by atoms with Gasteiger partial charge in [0.25, 0.3) is 5.91 Å². The molecule has 208 valence electrons. The summed E-state index contributed by atoms with van der Waals surface area (Å²) < 4.78 is 12.6. The Bertz CT molecular complexity index is 1430. The number of nitriles is 1. The highest BCUT2D eigenvalue weighted by molar-refractivity contribution is 5.95. The lowest BCUT2D eigenvalue weighted by molar-refractivity contribution is -0.111. The van der Waals surface area contributed by atoms with E-state index in [0.717, 1.165) is 49.3 Å². The van der Waals surface area contributed by atoms with E-state index < -0.39 is 0 Å². The summed E-state index contributed by atoms with van der Waals surface area (Å²) in [6, 6.07) is 7.62. The number of aldehydes is 1. The number of anilines is 3. The van der Waals surface area contributed by atoms with Crippen molar-refractivity contribution in [2.24, 2.45) is 0 Å². The van der Waals surface area contributed by atoms with Gasteiger partial charge in [0.2, 0.25) is 5.95 Å². The van der Waals surface area contributed by atoms with Gasteiger partial charge in [-0.3, -0.25) is 9.36 Å². The first kappa shape index (κ1) is 27.1. The van der Waals surface area contributed by atoms with Gasteiger partial charge in [0.05, 0.1) is 37.3 Å². The van der Waals surface area contributed by atoms with Crippen LogP contribution in [0.25, 0.3) is 5.69 Å². The van der Waals surface area contributed by atoms with Crippen LogP contribution in [0.15, 0.2) is 30.7 Å². The number of methoxy groups -OCH3 is 1. The Morgan fingerprint density at radius 3 is 2.83 bits per heavy atom. The topological polar surface area (TPSA) is 147 Å². The lowest BCUT2D eigenvalue weighted by atomic mass is 10.0. The second-order valence-corrected chi connectivity index (χ2v) is 9.67. The number of fused-ring (bicyclic) bond motifs is 3. The Hall–Kier alpha value is -4.50. The summed E-state index contributed by atoms with van der Waals surface area (Å²) in [5.41, 5.74) is 3.15. The molecule has 0 radical (unpaired) electrons. The first-order valence-electron chi connectivity index (χ1n) is 13.5. The van der Waals surface area contributed by atoms with Crippen molar-refractivity contribution in [1.29, 1.82) is 5.26 Å². The van der Waals surface area contributed by atoms with Crippen LogP contribution in [0.5, 0.6) is 5.75 Å². The first-order valence-corrected chi connectivity index (χ1v) is 13.5. The molecule has 12 nitrogen and oxygen atoms in total. The second kappa shape index (κ2) is 12.1. The van der Waals surface area contributed by atoms with Crippen LogP contribution in [0.4, 0.5) is 17.5 Å². The first-order chi connectivity index (χ1) is 19.6. The zero-order valence-electron chi connectivity index (χ0n) is 22.6. The van der Waals surface area contributed by atoms with Crippen molar-refractivity contribution in [3.05, 3.63) is 47.7 Å². The number of nitrogens with zero attached hydrogens (tertiary/aromatic N) is 6. The molecule has 40 heavy (non-hydrogen) atoms. The van der Waals surface area contributed by atoms with Gasteiger partial charge < -0.3 is 29.8 Å². The van der Waals surface area contributed by atoms with Gasteiger partial charge in [-0.25, -0.2) is 9.97 Å². The van der Waals surface area contributed by atoms with Gasteiger partial charge in [-0.05, 0) is 37.5 Å². The van der Waals surface area contributed by atoms with Crippen LogP contribution < -0.4 is 20.3 Å². The Morgan fingerprint density at radius 1 is 1.27 bits per heavy atom. The smallest absolute Gasteiger partial charge is 0.251 e. The third-order valence-corrected chi connectivity index (χ3v) is 7.35. The van der Waals surface area contributed by atoms with Crippen LogP contribution >= 0.6 is 0 Å². The zero-order valence-corrected chi connectivity index (χ0v) is 22.6. The van der Waals surface area contributed by atoms with Crippen LogP contribution in [-0.4, -0.2) is 64.6 Å². The van der Waals surface area contributed by atoms with E-state index in [-0.39, 0.29) is 31.7 Å². The SMILES string of the molecule is CC[C@@H]1c2c(C#N)ncn2-c2cnc(Nc3ccc(C(=O)NCCOCC=O)cc3OC)nc2N1C1CCCC1. The monoisotopic (exact) mass is 544 g/mol. The molecule has 3 heterocycles. The number of benzene rings is 1. The zero-order chi connectivity index (χ0) is 28.1. The van der Waals surface area contributed by atoms with E-state index in [2.05, 4.69) is 38.5 Å². The molecule has 1 aliphatic heterocycles. The molecule has 5 rings (SSSR count). The van der Waals surface area contributed by atoms with Gasteiger partial charge in [0.15, 0.2) is 11.5 Å². The predicted molar refractivity (Wildman–Crippen MR) is 147 cm³/mol. The molecule has 1 aromatic carbocycles. The van der Waals surface area contributed by atoms with Gasteiger partial charge in [0.1, 0.15) is 36.7 Å². The van der Waals surface area contributed by atoms with Crippen molar-refractivity contribution in [2.45, 2.75) is 51.1 Å². The average Bonchev–Trinajstić information content (AvgIpc) is 3.67. The van der Waals surface area contributed by atoms with E-state index in [4.69, 9.17) is 14.5 Å². The molecule has 1 amide bonds. The van der Waals surface area contributed by atoms with Crippen LogP contribution in [0.2, 0.25) is 0 Å². The molecule has 1 aliphatic carbocycles. The second-order valence-electron chi connectivity index (χ2n) is 9.67. The number of nitrogens with one attached hydrogen (secondary N) is 2. The number of rotatable bonds is 11. The van der Waals surface area contributed by atoms with Crippen molar-refractivity contribution in [3.63, 3.8) is 0 Å². The third kappa shape index (κ3) is 5.20. The maximum absolute atomic E-state index is 12.6. The van der Waals surface area contributed by atoms with Crippen molar-refractivity contribution in [2.75, 3.05) is 37.1 Å². The summed E-state index contributed by atoms with van der Waals surface area (Å²) >= 11 is 0. The number of carbonyl (C=O) groups excluding carboxylic acids is 2. The van der Waals surface area contributed by atoms with Gasteiger partial charge in [-0.15, -0.1) is 0 Å². The van der Waals surface area contributed by atoms with Crippen molar-refractivity contribution in [1.82, 2.24) is 24.8 Å². The molecule has 1 saturated carbocycles. The molecule has 2 aliphatic rings. The highest BCUT2D eigenvalue weighted by Gasteiger charge is 2.39. The Morgan fingerprint density at radius 2 is 2.10 bits per heavy atom. The van der Waals surface area contributed by atoms with E-state index in [1.165, 1.54) is 7.11 Å². The van der Waals surface area contributed by atoms with Gasteiger partial charge in [0, 0.05) is 18.2 Å². The quantitative estimate of drug-likeness (QED) is 0.272. The Labute approximate surface area is 232 Å². The third-order valence-electron chi connectivity index (χ3n) is 7.35. The fourth-order valence-electron chi connectivity index (χ4n) is 5.55. The number of hydrogen-bond acceptors (Lipinski definition) is 10. The standard InChI is InChI=1S/C28H32N8O4/c1-3-22-25-21(15-29)32-17-35(25)23-16-31-28(34-26(23)36(22)19-6-4-5-7-19)33-20-9-8-18(14-24(20)39-2)27(38)30-10-12-40-13-11-37/h8-9,11,14,16-17,19,22H,3-7,10,12-13H2,1-2H3,(H,30,38)(H,31,33,34)/t22-/m1/s1. The minimum Gasteiger partial charge on any atom is -0.495 e. The largest absolute Gasteiger partial charge is 0.495 e. The number of imidazole rings is 1. The number of hydrogen-bond donors (Lipinski definition) is 2. The molecule has 0 spiro atoms. The summed E-state index contributed by atoms with van der Waals surface area (Å²) in [5.74, 6) is 1.37. The lowest BCUT2D eigenvalue weighted by Gasteiger charge is -2.41. The van der Waals surface area contributed by atoms with Crippen LogP contribution in [0, 0.1) is 11.3 Å². The molecule has 0 bridgehead atoms. The average molecular weight is 545 g/mol. The molecule has 0 unspecified atom stereocenters. The van der Waals surface area contributed by atoms with E-state index in [9.17, 15) is 14.9 Å². The molecule has 1 fully saturated rings. The molecule has 3 aromatic rings. The maximum atomic E-state index is 12.6. The van der Waals surface area contributed by atoms with Crippen LogP contribution in [-0.2, 0) is 9.53 Å². The Kier molecular flexibility index (Phi) is 8.21. The maximum Gasteiger partial charge on any atom is 0.251 e. The van der Waals surface area contributed by atoms with Crippen LogP contribution in [0.1, 0.15) is 66.8 Å². The number of aromatic nitrogens is 4. The van der Waals surface area contributed by atoms with E-state index in [0.29, 0.717) is 41.0 Å². The fraction of sp³-hybridized carbons (Fsp3) is 0.429. The summed E-state index contributed by atoms with van der Waals surface area (Å²) in [6.45, 7) is 2.64. The number of carbonyl (C=O) groups is 2. The highest BCUT2D eigenvalue weighted by atomic mass is 16.5. The van der Waals surface area contributed by atoms with Crippen molar-refractivity contribution >= 4 is 29.6 Å². The van der Waals surface area contributed by atoms with Crippen LogP contribution in [0.3, 0.4) is 0 Å². The minimum absolute atomic E-state index is 0.00324. The van der Waals surface area contributed by atoms with E-state index >= 15 is 0 Å². The molecular weight excluding hydrogens is 512 g/mol. The highest BCUT2D eigenvalue weighted by Crippen LogP contribution is 2.44. The van der Waals surface area contributed by atoms with Crippen molar-refractivity contribution < 1.29 is 19.1 Å². The van der Waals surface area contributed by atoms with Crippen molar-refractivity contribution in [3.8, 4) is 17.5 Å². The lowest BCUT2D eigenvalue weighted by Crippen LogP contribution is -2.42. The molecule has 0 saturated heterocycles. The van der Waals surface area contributed by atoms with Gasteiger partial charge in [-0.2, -0.15) is 10.2 Å². The van der Waals surface area contributed by atoms with E-state index in [1.54, 1.807) is 30.7 Å². The summed E-state index contributed by atoms with van der Waals surface area (Å²) in [6.07, 6.45) is 9.37. The molecular formula is C28H32N8O4. The minimum atomic E-state index is -0.282. The summed E-state index contributed by atoms with van der Waals surface area (Å²) in [7, 11) is 1.53. The molecule has 2 aromatic heterocycles. The van der Waals surface area contributed by atoms with Gasteiger partial charge in [-0.1, -0.05) is 19.8 Å². The molecule has 2 N–H and O–H groups in total. The number of amides is 1. The summed E-state index contributed by atoms with van der Waals surface area (Å²) in [4.78, 5) is 39.2. The normalized spacial score (nSPS) is 16.1. The molecule has 1 atom stereocenters. The van der Waals surface area contributed by atoms with E-state index in [1.807, 2.05) is 4.57 Å². The van der Waals surface area contributed by atoms with Gasteiger partial charge >= 0.3 is 0 Å². The fourth-order valence-corrected chi connectivity index (χ4v) is 5.55. The predicted octanol–water partition coefficient (Wildman–Crippen LogP) is 3.45. The number of ether oxygens (including phenoxy) is 2. The summed E-state index contributed by atoms with van der Waals surface area (Å²) in [5, 5.41) is 15.7. The molecule has 12 heteroatoms.